The fourth-order valence-corrected chi connectivity index (χ4v) is 10.0. The lowest BCUT2D eigenvalue weighted by molar-refractivity contribution is -0.00683. The van der Waals surface area contributed by atoms with E-state index >= 15 is 0 Å². The molecule has 3 aliphatic heterocycles. The molecule has 5 nitrogen and oxygen atoms in total. The minimum Gasteiger partial charge on any atom is -0.430 e. The summed E-state index contributed by atoms with van der Waals surface area (Å²) in [5, 5.41) is 0. The van der Waals surface area contributed by atoms with E-state index in [4.69, 9.17) is 9.47 Å². The van der Waals surface area contributed by atoms with Crippen molar-refractivity contribution in [3.05, 3.63) is 83.7 Å². The summed E-state index contributed by atoms with van der Waals surface area (Å²) >= 11 is 0. The van der Waals surface area contributed by atoms with Gasteiger partial charge >= 0.3 is 6.16 Å². The zero-order valence-electron chi connectivity index (χ0n) is 18.4. The number of ketones is 1. The number of aromatic nitrogens is 1. The normalized spacial score (nSPS) is 27.3. The van der Waals surface area contributed by atoms with Crippen molar-refractivity contribution < 1.29 is 19.1 Å². The van der Waals surface area contributed by atoms with E-state index in [0.29, 0.717) is 17.4 Å². The monoisotopic (exact) mass is 461 g/mol. The number of aromatic amines is 1. The van der Waals surface area contributed by atoms with Crippen molar-refractivity contribution >= 4 is 22.0 Å². The molecule has 4 heterocycles. The first-order chi connectivity index (χ1) is 16.1. The average molecular weight is 462 g/mol. The van der Waals surface area contributed by atoms with E-state index in [1.54, 1.807) is 6.20 Å². The molecule has 7 rings (SSSR count). The Morgan fingerprint density at radius 3 is 2.18 bits per heavy atom. The summed E-state index contributed by atoms with van der Waals surface area (Å²) in [6, 6.07) is 19.8. The van der Waals surface area contributed by atoms with E-state index in [1.165, 1.54) is 0 Å². The van der Waals surface area contributed by atoms with Gasteiger partial charge in [0.2, 0.25) is 0 Å². The van der Waals surface area contributed by atoms with Crippen LogP contribution in [0.1, 0.15) is 40.6 Å². The standard InChI is InChI=1S/C27H27NO4S/c29-24(23-10-5-13-28-23)16-33-14-11-18(12-15-33)25(17-33)31-27(30)32-26-21-8-3-1-6-19(21)20-7-2-4-9-22(20)26/h1-10,13,18,25-26,28H,11-12,14-17H2/t25-/m0/s1. The van der Waals surface area contributed by atoms with Crippen LogP contribution in [0.4, 0.5) is 4.79 Å². The number of H-pyrrole nitrogens is 1. The number of hydrogen-bond donors (Lipinski definition) is 1. The SMILES string of the molecule is O=C(OC1c2ccccc2-c2ccccc21)O[C@H]1CS2(CC(=O)c3ccc[nH]3)CCC1CC2. The summed E-state index contributed by atoms with van der Waals surface area (Å²) in [6.07, 6.45) is 2.65. The van der Waals surface area contributed by atoms with Crippen LogP contribution in [0.5, 0.6) is 0 Å². The number of Topliss-reactive ketones (excluding diaryl/α,β-unsaturated/α-hetero) is 1. The van der Waals surface area contributed by atoms with Crippen molar-refractivity contribution in [1.29, 1.82) is 0 Å². The van der Waals surface area contributed by atoms with Gasteiger partial charge in [0.05, 0.1) is 5.69 Å². The van der Waals surface area contributed by atoms with Gasteiger partial charge in [-0.05, 0) is 53.5 Å². The molecule has 1 aromatic heterocycles. The van der Waals surface area contributed by atoms with Crippen molar-refractivity contribution in [3.8, 4) is 11.1 Å². The van der Waals surface area contributed by atoms with E-state index in [2.05, 4.69) is 17.1 Å². The van der Waals surface area contributed by atoms with Crippen LogP contribution in [-0.4, -0.2) is 46.0 Å². The lowest BCUT2D eigenvalue weighted by atomic mass is 9.96. The van der Waals surface area contributed by atoms with Gasteiger partial charge in [-0.25, -0.2) is 14.8 Å². The number of carbonyl (C=O) groups excluding carboxylic acids is 2. The Balaban J connectivity index is 1.16. The molecule has 0 amide bonds. The molecule has 1 aliphatic carbocycles. The van der Waals surface area contributed by atoms with Gasteiger partial charge in [0, 0.05) is 28.8 Å². The Morgan fingerprint density at radius 1 is 0.879 bits per heavy atom. The van der Waals surface area contributed by atoms with E-state index in [1.807, 2.05) is 48.5 Å². The smallest absolute Gasteiger partial charge is 0.430 e. The summed E-state index contributed by atoms with van der Waals surface area (Å²) in [7, 11) is -1.12. The average Bonchev–Trinajstić information content (AvgIpc) is 3.48. The van der Waals surface area contributed by atoms with E-state index in [9.17, 15) is 9.59 Å². The molecule has 170 valence electrons. The molecule has 0 unspecified atom stereocenters. The third-order valence-corrected chi connectivity index (χ3v) is 11.6. The van der Waals surface area contributed by atoms with Crippen LogP contribution < -0.4 is 0 Å². The van der Waals surface area contributed by atoms with Crippen LogP contribution in [0.3, 0.4) is 0 Å². The molecule has 0 radical (unpaired) electrons. The molecule has 0 saturated carbocycles. The number of nitrogens with one attached hydrogen (secondary N) is 1. The van der Waals surface area contributed by atoms with E-state index in [-0.39, 0.29) is 11.9 Å². The van der Waals surface area contributed by atoms with Gasteiger partial charge in [0.1, 0.15) is 6.10 Å². The first-order valence-electron chi connectivity index (χ1n) is 11.6. The lowest BCUT2D eigenvalue weighted by Crippen LogP contribution is -2.46. The van der Waals surface area contributed by atoms with Gasteiger partial charge in [-0.3, -0.25) is 4.79 Å². The Kier molecular flexibility index (Phi) is 5.06. The van der Waals surface area contributed by atoms with Crippen LogP contribution >= 0.6 is 10.0 Å². The maximum Gasteiger partial charge on any atom is 0.509 e. The molecular formula is C27H27NO4S. The first-order valence-corrected chi connectivity index (χ1v) is 13.9. The summed E-state index contributed by atoms with van der Waals surface area (Å²) in [4.78, 5) is 28.8. The summed E-state index contributed by atoms with van der Waals surface area (Å²) < 4.78 is 11.9. The van der Waals surface area contributed by atoms with Crippen molar-refractivity contribution in [3.63, 3.8) is 0 Å². The Labute approximate surface area is 194 Å². The quantitative estimate of drug-likeness (QED) is 0.390. The first kappa shape index (κ1) is 20.6. The third kappa shape index (κ3) is 3.66. The molecule has 1 atom stereocenters. The van der Waals surface area contributed by atoms with Crippen LogP contribution in [0.2, 0.25) is 0 Å². The second-order valence-corrected chi connectivity index (χ2v) is 13.3. The van der Waals surface area contributed by atoms with Gasteiger partial charge < -0.3 is 14.5 Å². The molecule has 0 spiro atoms. The number of hydrogen-bond acceptors (Lipinski definition) is 4. The highest BCUT2D eigenvalue weighted by Gasteiger charge is 2.46. The lowest BCUT2D eigenvalue weighted by Gasteiger charge is -2.53. The molecule has 3 aromatic rings. The van der Waals surface area contributed by atoms with E-state index in [0.717, 1.165) is 52.4 Å². The third-order valence-electron chi connectivity index (χ3n) is 7.46. The highest BCUT2D eigenvalue weighted by atomic mass is 32.3. The highest BCUT2D eigenvalue weighted by Crippen LogP contribution is 2.60. The minimum atomic E-state index is -1.12. The zero-order chi connectivity index (χ0) is 22.4. The van der Waals surface area contributed by atoms with Crippen LogP contribution in [0, 0.1) is 5.92 Å². The van der Waals surface area contributed by atoms with Crippen LogP contribution in [0.25, 0.3) is 11.1 Å². The van der Waals surface area contributed by atoms with Gasteiger partial charge in [-0.15, -0.1) is 0 Å². The Hall–Kier alpha value is -2.99. The zero-order valence-corrected chi connectivity index (χ0v) is 19.2. The van der Waals surface area contributed by atoms with Crippen molar-refractivity contribution in [2.75, 3.05) is 23.0 Å². The van der Waals surface area contributed by atoms with Gasteiger partial charge in [-0.2, -0.15) is 0 Å². The fourth-order valence-electron chi connectivity index (χ4n) is 5.75. The topological polar surface area (TPSA) is 68.4 Å². The molecule has 2 bridgehead atoms. The predicted octanol–water partition coefficient (Wildman–Crippen LogP) is 5.72. The van der Waals surface area contributed by atoms with Gasteiger partial charge in [0.25, 0.3) is 0 Å². The fraction of sp³-hybridized carbons (Fsp3) is 0.333. The number of rotatable bonds is 5. The maximum atomic E-state index is 13.0. The molecule has 3 fully saturated rings. The Morgan fingerprint density at radius 2 is 1.55 bits per heavy atom. The summed E-state index contributed by atoms with van der Waals surface area (Å²) in [6.45, 7) is 0. The maximum absolute atomic E-state index is 13.0. The molecule has 3 saturated heterocycles. The largest absolute Gasteiger partial charge is 0.509 e. The summed E-state index contributed by atoms with van der Waals surface area (Å²) in [5.41, 5.74) is 4.89. The van der Waals surface area contributed by atoms with Crippen molar-refractivity contribution in [2.24, 2.45) is 5.92 Å². The van der Waals surface area contributed by atoms with Crippen molar-refractivity contribution in [1.82, 2.24) is 4.98 Å². The second-order valence-electron chi connectivity index (χ2n) is 9.37. The number of fused-ring (bicyclic) bond motifs is 6. The Bertz CT molecular complexity index is 1150. The number of carbonyl (C=O) groups is 2. The molecule has 2 aromatic carbocycles. The predicted molar refractivity (Wildman–Crippen MR) is 130 cm³/mol. The number of ether oxygens (including phenoxy) is 2. The summed E-state index contributed by atoms with van der Waals surface area (Å²) in [5.74, 6) is 4.15. The minimum absolute atomic E-state index is 0.154. The van der Waals surface area contributed by atoms with Crippen LogP contribution in [0.15, 0.2) is 66.9 Å². The number of benzene rings is 2. The molecule has 6 heteroatoms. The molecule has 1 N–H and O–H groups in total. The van der Waals surface area contributed by atoms with Crippen LogP contribution in [-0.2, 0) is 9.47 Å². The van der Waals surface area contributed by atoms with E-state index < -0.39 is 22.3 Å². The molecular weight excluding hydrogens is 434 g/mol. The van der Waals surface area contributed by atoms with Crippen molar-refractivity contribution in [2.45, 2.75) is 25.0 Å². The second kappa shape index (κ2) is 8.10. The van der Waals surface area contributed by atoms with Gasteiger partial charge in [-0.1, -0.05) is 48.5 Å². The van der Waals surface area contributed by atoms with Gasteiger partial charge in [0.15, 0.2) is 11.9 Å². The highest BCUT2D eigenvalue weighted by molar-refractivity contribution is 8.34. The molecule has 33 heavy (non-hydrogen) atoms. The molecule has 4 aliphatic rings.